The first-order chi connectivity index (χ1) is 11.1. The number of rotatable bonds is 7. The van der Waals surface area contributed by atoms with Crippen LogP contribution in [0.25, 0.3) is 0 Å². The molecule has 0 aromatic heterocycles. The molecule has 23 heavy (non-hydrogen) atoms. The van der Waals surface area contributed by atoms with Gasteiger partial charge in [-0.15, -0.1) is 0 Å². The van der Waals surface area contributed by atoms with E-state index in [-0.39, 0.29) is 23.8 Å². The average molecular weight is 334 g/mol. The van der Waals surface area contributed by atoms with Crippen LogP contribution in [0.1, 0.15) is 32.3 Å². The van der Waals surface area contributed by atoms with E-state index < -0.39 is 0 Å². The van der Waals surface area contributed by atoms with E-state index in [1.807, 2.05) is 43.8 Å². The zero-order valence-electron chi connectivity index (χ0n) is 14.0. The summed E-state index contributed by atoms with van der Waals surface area (Å²) in [6.45, 7) is 5.13. The second-order valence-electron chi connectivity index (χ2n) is 6.17. The first-order valence-corrected chi connectivity index (χ1v) is 9.45. The smallest absolute Gasteiger partial charge is 0.242 e. The minimum absolute atomic E-state index is 0.00295. The van der Waals surface area contributed by atoms with Crippen LogP contribution < -0.4 is 5.32 Å². The van der Waals surface area contributed by atoms with E-state index in [0.717, 1.165) is 24.3 Å². The van der Waals surface area contributed by atoms with Gasteiger partial charge in [0, 0.05) is 30.5 Å². The Bertz CT molecular complexity index is 519. The third-order valence-electron chi connectivity index (χ3n) is 3.99. The first-order valence-electron chi connectivity index (χ1n) is 8.29. The second kappa shape index (κ2) is 8.96. The highest BCUT2D eigenvalue weighted by Gasteiger charge is 2.34. The largest absolute Gasteiger partial charge is 0.353 e. The van der Waals surface area contributed by atoms with Gasteiger partial charge in [0.05, 0.1) is 0 Å². The van der Waals surface area contributed by atoms with Crippen LogP contribution in [0.3, 0.4) is 0 Å². The number of hydrogen-bond acceptors (Lipinski definition) is 3. The zero-order valence-corrected chi connectivity index (χ0v) is 14.8. The quantitative estimate of drug-likeness (QED) is 0.780. The first kappa shape index (κ1) is 17.9. The highest BCUT2D eigenvalue weighted by molar-refractivity contribution is 7.98. The Balaban J connectivity index is 1.69. The van der Waals surface area contributed by atoms with Crippen molar-refractivity contribution in [2.75, 3.05) is 18.8 Å². The standard InChI is InChI=1S/C18H26N2O2S/c1-14(2)18(22)20-11-6-9-16(20)17(21)19-10-12-23-13-15-7-4-3-5-8-15/h3-5,7-8,14,16H,6,9-13H2,1-2H3,(H,19,21)/t16-/m0/s1. The van der Waals surface area contributed by atoms with Gasteiger partial charge in [-0.25, -0.2) is 0 Å². The van der Waals surface area contributed by atoms with Crippen LogP contribution in [-0.4, -0.2) is 41.6 Å². The number of carbonyl (C=O) groups is 2. The minimum Gasteiger partial charge on any atom is -0.353 e. The number of likely N-dealkylation sites (tertiary alicyclic amines) is 1. The Morgan fingerprint density at radius 1 is 1.30 bits per heavy atom. The van der Waals surface area contributed by atoms with E-state index in [4.69, 9.17) is 0 Å². The molecule has 5 heteroatoms. The van der Waals surface area contributed by atoms with Gasteiger partial charge in [0.2, 0.25) is 11.8 Å². The van der Waals surface area contributed by atoms with Crippen LogP contribution in [0.4, 0.5) is 0 Å². The van der Waals surface area contributed by atoms with E-state index in [1.54, 1.807) is 4.90 Å². The molecule has 1 atom stereocenters. The normalized spacial score (nSPS) is 17.5. The molecule has 1 aromatic carbocycles. The molecule has 4 nitrogen and oxygen atoms in total. The Hall–Kier alpha value is -1.49. The van der Waals surface area contributed by atoms with E-state index in [9.17, 15) is 9.59 Å². The molecular weight excluding hydrogens is 308 g/mol. The molecule has 1 heterocycles. The Kier molecular flexibility index (Phi) is 6.96. The Labute approximate surface area is 143 Å². The van der Waals surface area contributed by atoms with Gasteiger partial charge in [0.1, 0.15) is 6.04 Å². The van der Waals surface area contributed by atoms with Gasteiger partial charge in [-0.1, -0.05) is 44.2 Å². The van der Waals surface area contributed by atoms with Gasteiger partial charge in [-0.3, -0.25) is 9.59 Å². The summed E-state index contributed by atoms with van der Waals surface area (Å²) in [7, 11) is 0. The maximum absolute atomic E-state index is 12.3. The van der Waals surface area contributed by atoms with Gasteiger partial charge in [-0.2, -0.15) is 11.8 Å². The van der Waals surface area contributed by atoms with Crippen molar-refractivity contribution in [3.05, 3.63) is 35.9 Å². The molecule has 1 N–H and O–H groups in total. The summed E-state index contributed by atoms with van der Waals surface area (Å²) in [5, 5.41) is 2.98. The highest BCUT2D eigenvalue weighted by Crippen LogP contribution is 2.20. The summed E-state index contributed by atoms with van der Waals surface area (Å²) in [4.78, 5) is 26.2. The van der Waals surface area contributed by atoms with E-state index in [2.05, 4.69) is 17.4 Å². The van der Waals surface area contributed by atoms with Gasteiger partial charge < -0.3 is 10.2 Å². The van der Waals surface area contributed by atoms with Crippen LogP contribution in [-0.2, 0) is 15.3 Å². The number of nitrogens with one attached hydrogen (secondary N) is 1. The van der Waals surface area contributed by atoms with Crippen molar-refractivity contribution in [3.8, 4) is 0 Å². The molecule has 1 saturated heterocycles. The lowest BCUT2D eigenvalue weighted by Crippen LogP contribution is -2.47. The fourth-order valence-corrected chi connectivity index (χ4v) is 3.58. The maximum Gasteiger partial charge on any atom is 0.242 e. The number of amides is 2. The summed E-state index contributed by atoms with van der Waals surface area (Å²) in [5.41, 5.74) is 1.30. The number of benzene rings is 1. The van der Waals surface area contributed by atoms with Crippen LogP contribution >= 0.6 is 11.8 Å². The third-order valence-corrected chi connectivity index (χ3v) is 5.02. The molecule has 1 aliphatic rings. The SMILES string of the molecule is CC(C)C(=O)N1CCC[C@H]1C(=O)NCCSCc1ccccc1. The zero-order chi connectivity index (χ0) is 16.7. The number of hydrogen-bond donors (Lipinski definition) is 1. The van der Waals surface area contributed by atoms with Gasteiger partial charge in [0.15, 0.2) is 0 Å². The molecular formula is C18H26N2O2S. The summed E-state index contributed by atoms with van der Waals surface area (Å²) in [6.07, 6.45) is 1.70. The Morgan fingerprint density at radius 2 is 2.04 bits per heavy atom. The molecule has 1 aliphatic heterocycles. The summed E-state index contributed by atoms with van der Waals surface area (Å²) >= 11 is 1.81. The predicted octanol–water partition coefficient (Wildman–Crippen LogP) is 2.68. The molecule has 126 valence electrons. The summed E-state index contributed by atoms with van der Waals surface area (Å²) < 4.78 is 0. The molecule has 0 unspecified atom stereocenters. The van der Waals surface area contributed by atoms with Crippen LogP contribution in [0.15, 0.2) is 30.3 Å². The molecule has 2 rings (SSSR count). The van der Waals surface area contributed by atoms with Crippen molar-refractivity contribution >= 4 is 23.6 Å². The lowest BCUT2D eigenvalue weighted by Gasteiger charge is -2.25. The number of thioether (sulfide) groups is 1. The molecule has 1 aromatic rings. The van der Waals surface area contributed by atoms with Crippen LogP contribution in [0.2, 0.25) is 0 Å². The lowest BCUT2D eigenvalue weighted by molar-refractivity contribution is -0.140. The number of nitrogens with zero attached hydrogens (tertiary/aromatic N) is 1. The molecule has 0 saturated carbocycles. The van der Waals surface area contributed by atoms with E-state index >= 15 is 0 Å². The molecule has 2 amide bonds. The highest BCUT2D eigenvalue weighted by atomic mass is 32.2. The topological polar surface area (TPSA) is 49.4 Å². The molecule has 1 fully saturated rings. The lowest BCUT2D eigenvalue weighted by atomic mass is 10.1. The van der Waals surface area contributed by atoms with Gasteiger partial charge in [-0.05, 0) is 18.4 Å². The summed E-state index contributed by atoms with van der Waals surface area (Å²) in [5.74, 6) is 1.87. The van der Waals surface area contributed by atoms with E-state index in [1.165, 1.54) is 5.56 Å². The summed E-state index contributed by atoms with van der Waals surface area (Å²) in [6, 6.07) is 10.0. The van der Waals surface area contributed by atoms with Gasteiger partial charge >= 0.3 is 0 Å². The molecule has 0 spiro atoms. The van der Waals surface area contributed by atoms with Crippen molar-refractivity contribution in [2.45, 2.75) is 38.5 Å². The van der Waals surface area contributed by atoms with E-state index in [0.29, 0.717) is 13.1 Å². The maximum atomic E-state index is 12.3. The van der Waals surface area contributed by atoms with Gasteiger partial charge in [0.25, 0.3) is 0 Å². The Morgan fingerprint density at radius 3 is 2.74 bits per heavy atom. The van der Waals surface area contributed by atoms with Crippen LogP contribution in [0, 0.1) is 5.92 Å². The fraction of sp³-hybridized carbons (Fsp3) is 0.556. The molecule has 0 aliphatic carbocycles. The van der Waals surface area contributed by atoms with Crippen molar-refractivity contribution in [1.29, 1.82) is 0 Å². The fourth-order valence-electron chi connectivity index (χ4n) is 2.76. The van der Waals surface area contributed by atoms with Crippen molar-refractivity contribution in [1.82, 2.24) is 10.2 Å². The van der Waals surface area contributed by atoms with Crippen molar-refractivity contribution < 1.29 is 9.59 Å². The third kappa shape index (κ3) is 5.27. The average Bonchev–Trinajstić information content (AvgIpc) is 3.04. The number of carbonyl (C=O) groups excluding carboxylic acids is 2. The second-order valence-corrected chi connectivity index (χ2v) is 7.28. The monoisotopic (exact) mass is 334 g/mol. The van der Waals surface area contributed by atoms with Crippen molar-refractivity contribution in [3.63, 3.8) is 0 Å². The molecule has 0 bridgehead atoms. The van der Waals surface area contributed by atoms with Crippen LogP contribution in [0.5, 0.6) is 0 Å². The minimum atomic E-state index is -0.274. The molecule has 0 radical (unpaired) electrons. The van der Waals surface area contributed by atoms with Crippen molar-refractivity contribution in [2.24, 2.45) is 5.92 Å². The predicted molar refractivity (Wildman–Crippen MR) is 95.2 cm³/mol.